The molecule has 0 atom stereocenters. The molecule has 1 heteroatoms. The van der Waals surface area contributed by atoms with Crippen LogP contribution in [0.4, 0.5) is 0 Å². The van der Waals surface area contributed by atoms with Crippen LogP contribution in [0.15, 0.2) is 121 Å². The predicted octanol–water partition coefficient (Wildman–Crippen LogP) is 9.86. The van der Waals surface area contributed by atoms with Crippen molar-refractivity contribution < 1.29 is 23.9 Å². The van der Waals surface area contributed by atoms with Crippen molar-refractivity contribution in [1.82, 2.24) is 0 Å². The van der Waals surface area contributed by atoms with Gasteiger partial charge in [0.15, 0.2) is 0 Å². The minimum absolute atomic E-state index is 0.167. The summed E-state index contributed by atoms with van der Waals surface area (Å²) in [4.78, 5) is 0. The third-order valence-corrected chi connectivity index (χ3v) is 9.22. The zero-order chi connectivity index (χ0) is 28.8. The SMILES string of the molecule is CC(C)(C)c1[c-]c2c(cc1)-c1ccc(C(C)(C)C)cc1C2.[Hf+2]=[C](c1ccccc1)c1ccccc1.c1cc[cH-]c1. The van der Waals surface area contributed by atoms with Crippen molar-refractivity contribution in [2.75, 3.05) is 0 Å². The molecule has 0 saturated heterocycles. The van der Waals surface area contributed by atoms with Gasteiger partial charge in [-0.3, -0.25) is 0 Å². The summed E-state index contributed by atoms with van der Waals surface area (Å²) >= 11 is 1.08. The first-order valence-electron chi connectivity index (χ1n) is 14.1. The number of hydrogen-bond acceptors (Lipinski definition) is 0. The minimum Gasteiger partial charge on any atom is -0.214 e. The average molecular weight is 687 g/mol. The van der Waals surface area contributed by atoms with E-state index in [2.05, 4.69) is 139 Å². The molecule has 1 aliphatic carbocycles. The second-order valence-corrected chi connectivity index (χ2v) is 14.2. The fourth-order valence-electron chi connectivity index (χ4n) is 4.72. The quantitative estimate of drug-likeness (QED) is 0.126. The van der Waals surface area contributed by atoms with Gasteiger partial charge in [-0.15, -0.1) is 11.1 Å². The normalized spacial score (nSPS) is 11.8. The molecule has 0 amide bonds. The Morgan fingerprint density at radius 1 is 0.650 bits per heavy atom. The second-order valence-electron chi connectivity index (χ2n) is 12.4. The maximum absolute atomic E-state index is 3.67. The van der Waals surface area contributed by atoms with Gasteiger partial charge in [-0.25, -0.2) is 12.1 Å². The number of benzene rings is 4. The molecule has 6 rings (SSSR count). The minimum atomic E-state index is 0.167. The van der Waals surface area contributed by atoms with Gasteiger partial charge in [0, 0.05) is 0 Å². The van der Waals surface area contributed by atoms with Crippen LogP contribution in [-0.4, -0.2) is 3.26 Å². The van der Waals surface area contributed by atoms with Crippen LogP contribution in [0.3, 0.4) is 0 Å². The molecule has 200 valence electrons. The Morgan fingerprint density at radius 2 is 1.20 bits per heavy atom. The monoisotopic (exact) mass is 688 g/mol. The topological polar surface area (TPSA) is 0 Å². The Morgan fingerprint density at radius 3 is 1.68 bits per heavy atom. The number of rotatable bonds is 2. The largest absolute Gasteiger partial charge is 0.214 e. The molecule has 0 radical (unpaired) electrons. The number of hydrogen-bond donors (Lipinski definition) is 0. The van der Waals surface area contributed by atoms with Crippen molar-refractivity contribution in [2.45, 2.75) is 58.8 Å². The Kier molecular flexibility index (Phi) is 9.80. The summed E-state index contributed by atoms with van der Waals surface area (Å²) in [6, 6.07) is 46.4. The van der Waals surface area contributed by atoms with Gasteiger partial charge in [-0.1, -0.05) is 65.3 Å². The summed E-state index contributed by atoms with van der Waals surface area (Å²) in [6.45, 7) is 13.6. The molecule has 0 saturated carbocycles. The van der Waals surface area contributed by atoms with Crippen LogP contribution in [0.5, 0.6) is 0 Å². The Bertz CT molecular complexity index is 1390. The summed E-state index contributed by atoms with van der Waals surface area (Å²) < 4.78 is 1.46. The smallest absolute Gasteiger partial charge is 0.172 e. The van der Waals surface area contributed by atoms with Crippen molar-refractivity contribution in [3.05, 3.63) is 161 Å². The molecule has 0 aliphatic heterocycles. The van der Waals surface area contributed by atoms with Crippen LogP contribution < -0.4 is 0 Å². The Hall–Kier alpha value is -3.03. The van der Waals surface area contributed by atoms with Crippen LogP contribution in [0.1, 0.15) is 74.9 Å². The molecule has 0 nitrogen and oxygen atoms in total. The van der Waals surface area contributed by atoms with Crippen LogP contribution >= 0.6 is 0 Å². The maximum atomic E-state index is 3.67. The van der Waals surface area contributed by atoms with Crippen molar-refractivity contribution in [3.63, 3.8) is 0 Å². The first kappa shape index (κ1) is 29.9. The molecular formula is C39H40Hf. The molecule has 1 aliphatic rings. The molecule has 0 unspecified atom stereocenters. The fraction of sp³-hybridized carbons (Fsp3) is 0.231. The van der Waals surface area contributed by atoms with Gasteiger partial charge in [0.2, 0.25) is 0 Å². The summed E-state index contributed by atoms with van der Waals surface area (Å²) in [5, 5.41) is 0. The van der Waals surface area contributed by atoms with Crippen molar-refractivity contribution in [3.8, 4) is 11.1 Å². The van der Waals surface area contributed by atoms with Crippen LogP contribution in [-0.2, 0) is 41.1 Å². The van der Waals surface area contributed by atoms with E-state index in [1.807, 2.05) is 30.3 Å². The summed E-state index contributed by atoms with van der Waals surface area (Å²) in [5.41, 5.74) is 11.4. The zero-order valence-corrected chi connectivity index (χ0v) is 28.3. The van der Waals surface area contributed by atoms with E-state index in [4.69, 9.17) is 0 Å². The predicted molar refractivity (Wildman–Crippen MR) is 169 cm³/mol. The summed E-state index contributed by atoms with van der Waals surface area (Å²) in [5.74, 6) is 0. The molecule has 0 heterocycles. The molecule has 5 aromatic carbocycles. The van der Waals surface area contributed by atoms with Crippen LogP contribution in [0.2, 0.25) is 0 Å². The van der Waals surface area contributed by atoms with E-state index in [0.29, 0.717) is 0 Å². The van der Waals surface area contributed by atoms with Crippen LogP contribution in [0, 0.1) is 6.07 Å². The molecule has 0 fully saturated rings. The molecule has 0 aromatic heterocycles. The van der Waals surface area contributed by atoms with Gasteiger partial charge >= 0.3 is 98.9 Å². The molecule has 0 bridgehead atoms. The number of fused-ring (bicyclic) bond motifs is 3. The molecule has 5 aromatic rings. The van der Waals surface area contributed by atoms with Crippen molar-refractivity contribution in [2.24, 2.45) is 0 Å². The molecule has 40 heavy (non-hydrogen) atoms. The Labute approximate surface area is 256 Å². The van der Waals surface area contributed by atoms with Gasteiger partial charge in [0.05, 0.1) is 0 Å². The average Bonchev–Trinajstić information content (AvgIpc) is 3.64. The van der Waals surface area contributed by atoms with Gasteiger partial charge in [0.1, 0.15) is 0 Å². The van der Waals surface area contributed by atoms with E-state index in [0.717, 1.165) is 30.3 Å². The van der Waals surface area contributed by atoms with Gasteiger partial charge in [-0.05, 0) is 28.4 Å². The first-order valence-corrected chi connectivity index (χ1v) is 15.9. The standard InChI is InChI=1S/C21H25.C13H10.C5H5.Hf/c1-20(2,3)16-7-9-18-14(12-16)11-15-13-17(21(4,5)6)8-10-19(15)18;1-3-7-12(8-4-1)11-13-9-5-2-6-10-13;1-2-4-5-3-1;/h7-10,12H,11H2,1-6H3;1-10H;1-5H;/q-1;;-1;+2. The van der Waals surface area contributed by atoms with Crippen molar-refractivity contribution >= 4 is 3.26 Å². The van der Waals surface area contributed by atoms with E-state index < -0.39 is 0 Å². The van der Waals surface area contributed by atoms with E-state index in [1.54, 1.807) is 0 Å². The van der Waals surface area contributed by atoms with E-state index in [1.165, 1.54) is 47.8 Å². The molecular weight excluding hydrogens is 647 g/mol. The molecule has 0 N–H and O–H groups in total. The Balaban J connectivity index is 0.000000166. The van der Waals surface area contributed by atoms with Crippen LogP contribution in [0.25, 0.3) is 11.1 Å². The van der Waals surface area contributed by atoms with Crippen molar-refractivity contribution in [1.29, 1.82) is 0 Å². The first-order chi connectivity index (χ1) is 19.0. The third kappa shape index (κ3) is 7.79. The zero-order valence-electron chi connectivity index (χ0n) is 24.8. The van der Waals surface area contributed by atoms with Gasteiger partial charge in [0.25, 0.3) is 0 Å². The fourth-order valence-corrected chi connectivity index (χ4v) is 5.92. The van der Waals surface area contributed by atoms with Gasteiger partial charge < -0.3 is 0 Å². The summed E-state index contributed by atoms with van der Waals surface area (Å²) in [7, 11) is 0. The van der Waals surface area contributed by atoms with E-state index >= 15 is 0 Å². The third-order valence-electron chi connectivity index (χ3n) is 7.14. The molecule has 0 spiro atoms. The maximum Gasteiger partial charge on any atom is -0.172 e. The van der Waals surface area contributed by atoms with Gasteiger partial charge in [-0.2, -0.15) is 42.0 Å². The summed E-state index contributed by atoms with van der Waals surface area (Å²) in [6.07, 6.45) is 1.03. The second kappa shape index (κ2) is 13.1. The van der Waals surface area contributed by atoms with E-state index in [9.17, 15) is 0 Å². The van der Waals surface area contributed by atoms with E-state index in [-0.39, 0.29) is 10.8 Å².